The fraction of sp³-hybridized carbons (Fsp3) is 0.308. The fourth-order valence-corrected chi connectivity index (χ4v) is 4.01. The molecule has 4 heterocycles. The summed E-state index contributed by atoms with van der Waals surface area (Å²) in [4.78, 5) is 9.23. The van der Waals surface area contributed by atoms with E-state index in [1.807, 2.05) is 24.7 Å². The van der Waals surface area contributed by atoms with E-state index >= 15 is 0 Å². The van der Waals surface area contributed by atoms with Crippen LogP contribution in [0.25, 0.3) is 17.1 Å². The Hall–Kier alpha value is -3.76. The summed E-state index contributed by atoms with van der Waals surface area (Å²) in [5.74, 6) is 8.10. The van der Waals surface area contributed by atoms with Gasteiger partial charge < -0.3 is 9.30 Å². The van der Waals surface area contributed by atoms with Gasteiger partial charge in [0.05, 0.1) is 17.9 Å². The molecule has 0 aliphatic carbocycles. The maximum absolute atomic E-state index is 5.36. The van der Waals surface area contributed by atoms with E-state index in [1.165, 1.54) is 0 Å². The molecule has 7 nitrogen and oxygen atoms in total. The third-order valence-corrected chi connectivity index (χ3v) is 5.78. The Bertz CT molecular complexity index is 1390. The highest BCUT2D eigenvalue weighted by Crippen LogP contribution is 2.33. The topological polar surface area (TPSA) is 70.7 Å². The van der Waals surface area contributed by atoms with Crippen molar-refractivity contribution < 1.29 is 4.74 Å². The smallest absolute Gasteiger partial charge is 0.166 e. The van der Waals surface area contributed by atoms with Crippen LogP contribution in [0.3, 0.4) is 0 Å². The van der Waals surface area contributed by atoms with Crippen LogP contribution in [0.4, 0.5) is 0 Å². The Balaban J connectivity index is 1.60. The van der Waals surface area contributed by atoms with Crippen LogP contribution in [0.15, 0.2) is 42.9 Å². The van der Waals surface area contributed by atoms with Crippen LogP contribution in [-0.4, -0.2) is 36.4 Å². The minimum Gasteiger partial charge on any atom is -0.377 e. The zero-order valence-electron chi connectivity index (χ0n) is 19.5. The lowest BCUT2D eigenvalue weighted by Gasteiger charge is -2.16. The van der Waals surface area contributed by atoms with Gasteiger partial charge in [-0.25, -0.2) is 4.98 Å². The maximum Gasteiger partial charge on any atom is 0.166 e. The molecule has 0 bridgehead atoms. The minimum absolute atomic E-state index is 0.00928. The van der Waals surface area contributed by atoms with Crippen LogP contribution in [0.1, 0.15) is 54.8 Å². The van der Waals surface area contributed by atoms with E-state index in [0.29, 0.717) is 13.2 Å². The molecule has 0 spiro atoms. The Morgan fingerprint density at radius 1 is 1.06 bits per heavy atom. The second kappa shape index (κ2) is 7.98. The number of hydrogen-bond donors (Lipinski definition) is 0. The number of pyridine rings is 1. The molecule has 7 heteroatoms. The average molecular weight is 439 g/mol. The van der Waals surface area contributed by atoms with Crippen LogP contribution >= 0.6 is 0 Å². The fourth-order valence-electron chi connectivity index (χ4n) is 4.01. The molecule has 0 saturated carbocycles. The van der Waals surface area contributed by atoms with Gasteiger partial charge in [0.2, 0.25) is 0 Å². The van der Waals surface area contributed by atoms with Crippen molar-refractivity contribution in [3.63, 3.8) is 0 Å². The first kappa shape index (κ1) is 21.1. The van der Waals surface area contributed by atoms with Gasteiger partial charge in [-0.3, -0.25) is 9.55 Å². The lowest BCUT2D eigenvalue weighted by Crippen LogP contribution is -2.12. The summed E-state index contributed by atoms with van der Waals surface area (Å²) in [7, 11) is 1.66. The standard InChI is InChI=1S/C26H26N6O/c1-17-6-10-21-19(12-17)25-30-29-24(15-33-5)31(25)14-22-20(28-16-32(21)22)9-7-18-8-11-23(27-13-18)26(2,3)4/h6,8,10-13,16H,14-15H2,1-5H3. The van der Waals surface area contributed by atoms with Crippen molar-refractivity contribution >= 4 is 0 Å². The van der Waals surface area contributed by atoms with Crippen molar-refractivity contribution in [1.82, 2.24) is 29.3 Å². The number of ether oxygens (including phenoxy) is 1. The minimum atomic E-state index is 0.00928. The number of nitrogens with zero attached hydrogens (tertiary/aromatic N) is 6. The zero-order valence-corrected chi connectivity index (χ0v) is 19.5. The van der Waals surface area contributed by atoms with Crippen molar-refractivity contribution in [3.05, 3.63) is 76.9 Å². The number of imidazole rings is 1. The number of aryl methyl sites for hydroxylation is 1. The predicted octanol–water partition coefficient (Wildman–Crippen LogP) is 4.04. The molecule has 1 aliphatic rings. The van der Waals surface area contributed by atoms with E-state index in [1.54, 1.807) is 7.11 Å². The molecule has 0 N–H and O–H groups in total. The Kier molecular flexibility index (Phi) is 5.10. The second-order valence-electron chi connectivity index (χ2n) is 9.32. The van der Waals surface area contributed by atoms with Gasteiger partial charge in [-0.1, -0.05) is 38.3 Å². The molecule has 4 aromatic rings. The van der Waals surface area contributed by atoms with Gasteiger partial charge in [0.15, 0.2) is 11.6 Å². The van der Waals surface area contributed by atoms with Crippen molar-refractivity contribution in [1.29, 1.82) is 0 Å². The molecule has 3 aromatic heterocycles. The predicted molar refractivity (Wildman–Crippen MR) is 126 cm³/mol. The summed E-state index contributed by atoms with van der Waals surface area (Å²) in [6.07, 6.45) is 3.67. The average Bonchev–Trinajstić information content (AvgIpc) is 3.33. The van der Waals surface area contributed by atoms with E-state index in [-0.39, 0.29) is 5.41 Å². The van der Waals surface area contributed by atoms with Gasteiger partial charge in [-0.2, -0.15) is 0 Å². The van der Waals surface area contributed by atoms with E-state index in [4.69, 9.17) is 4.74 Å². The van der Waals surface area contributed by atoms with Crippen molar-refractivity contribution in [2.75, 3.05) is 7.11 Å². The first-order valence-electron chi connectivity index (χ1n) is 10.9. The molecule has 0 amide bonds. The van der Waals surface area contributed by atoms with Gasteiger partial charge in [-0.05, 0) is 37.1 Å². The molecule has 0 radical (unpaired) electrons. The molecule has 5 rings (SSSR count). The highest BCUT2D eigenvalue weighted by Gasteiger charge is 2.25. The Labute approximate surface area is 193 Å². The van der Waals surface area contributed by atoms with E-state index in [2.05, 4.69) is 87.0 Å². The zero-order chi connectivity index (χ0) is 23.2. The number of aromatic nitrogens is 6. The monoisotopic (exact) mass is 438 g/mol. The third kappa shape index (κ3) is 3.83. The summed E-state index contributed by atoms with van der Waals surface area (Å²) >= 11 is 0. The molecule has 1 aromatic carbocycles. The van der Waals surface area contributed by atoms with Crippen LogP contribution in [0.5, 0.6) is 0 Å². The highest BCUT2D eigenvalue weighted by atomic mass is 16.5. The van der Waals surface area contributed by atoms with Crippen molar-refractivity contribution in [2.24, 2.45) is 0 Å². The molecule has 0 unspecified atom stereocenters. The first-order chi connectivity index (χ1) is 15.8. The molecule has 33 heavy (non-hydrogen) atoms. The SMILES string of the molecule is COCc1nnc2n1Cc1c(C#Cc3ccc(C(C)(C)C)nc3)ncn1-c1ccc(C)cc1-2. The largest absolute Gasteiger partial charge is 0.377 e. The van der Waals surface area contributed by atoms with Gasteiger partial charge >= 0.3 is 0 Å². The van der Waals surface area contributed by atoms with Crippen LogP contribution in [0, 0.1) is 18.8 Å². The number of hydrogen-bond acceptors (Lipinski definition) is 5. The molecule has 0 fully saturated rings. The first-order valence-corrected chi connectivity index (χ1v) is 10.9. The van der Waals surface area contributed by atoms with Crippen LogP contribution in [-0.2, 0) is 23.3 Å². The summed E-state index contributed by atoms with van der Waals surface area (Å²) in [6, 6.07) is 10.4. The number of methoxy groups -OCH3 is 1. The number of fused-ring (bicyclic) bond motifs is 5. The summed E-state index contributed by atoms with van der Waals surface area (Å²) < 4.78 is 9.56. The molecule has 1 aliphatic heterocycles. The maximum atomic E-state index is 5.36. The lowest BCUT2D eigenvalue weighted by molar-refractivity contribution is 0.174. The van der Waals surface area contributed by atoms with Crippen LogP contribution in [0.2, 0.25) is 0 Å². The van der Waals surface area contributed by atoms with Gasteiger partial charge in [0.25, 0.3) is 0 Å². The summed E-state index contributed by atoms with van der Waals surface area (Å²) in [5.41, 5.74) is 6.82. The van der Waals surface area contributed by atoms with E-state index in [0.717, 1.165) is 51.1 Å². The van der Waals surface area contributed by atoms with Gasteiger partial charge in [-0.15, -0.1) is 10.2 Å². The second-order valence-corrected chi connectivity index (χ2v) is 9.32. The number of rotatable bonds is 2. The number of benzene rings is 1. The highest BCUT2D eigenvalue weighted by molar-refractivity contribution is 5.70. The normalized spacial score (nSPS) is 12.3. The Morgan fingerprint density at radius 2 is 1.91 bits per heavy atom. The van der Waals surface area contributed by atoms with E-state index < -0.39 is 0 Å². The summed E-state index contributed by atoms with van der Waals surface area (Å²) in [6.45, 7) is 9.47. The van der Waals surface area contributed by atoms with E-state index in [9.17, 15) is 0 Å². The molecular formula is C26H26N6O. The molecule has 0 atom stereocenters. The quantitative estimate of drug-likeness (QED) is 0.389. The molecular weight excluding hydrogens is 412 g/mol. The molecule has 0 saturated heterocycles. The van der Waals surface area contributed by atoms with Gasteiger partial charge in [0, 0.05) is 35.5 Å². The van der Waals surface area contributed by atoms with Crippen molar-refractivity contribution in [3.8, 4) is 28.9 Å². The summed E-state index contributed by atoms with van der Waals surface area (Å²) in [5, 5.41) is 8.87. The van der Waals surface area contributed by atoms with Gasteiger partial charge in [0.1, 0.15) is 18.6 Å². The third-order valence-electron chi connectivity index (χ3n) is 5.78. The van der Waals surface area contributed by atoms with Crippen molar-refractivity contribution in [2.45, 2.75) is 46.3 Å². The Morgan fingerprint density at radius 3 is 2.64 bits per heavy atom. The molecule has 166 valence electrons. The lowest BCUT2D eigenvalue weighted by atomic mass is 9.91. The van der Waals surface area contributed by atoms with Crippen LogP contribution < -0.4 is 0 Å².